The number of hydrogen-bond acceptors (Lipinski definition) is 2. The van der Waals surface area contributed by atoms with Crippen LogP contribution in [0.5, 0.6) is 11.5 Å². The molecule has 2 aromatic rings. The molecule has 0 aliphatic heterocycles. The molecule has 0 fully saturated rings. The second kappa shape index (κ2) is 6.75. The van der Waals surface area contributed by atoms with E-state index >= 15 is 0 Å². The van der Waals surface area contributed by atoms with Gasteiger partial charge in [0.15, 0.2) is 0 Å². The molecule has 1 N–H and O–H groups in total. The van der Waals surface area contributed by atoms with Gasteiger partial charge in [-0.1, -0.05) is 35.9 Å². The van der Waals surface area contributed by atoms with Crippen molar-refractivity contribution in [3.8, 4) is 11.5 Å². The second-order valence-electron chi connectivity index (χ2n) is 3.00. The summed E-state index contributed by atoms with van der Waals surface area (Å²) in [6.07, 6.45) is 0. The molecule has 16 heavy (non-hydrogen) atoms. The molecule has 0 saturated heterocycles. The molecule has 3 heteroatoms. The summed E-state index contributed by atoms with van der Waals surface area (Å²) in [7, 11) is 1.62. The Kier molecular flexibility index (Phi) is 5.23. The topological polar surface area (TPSA) is 29.5 Å². The van der Waals surface area contributed by atoms with Crippen LogP contribution in [-0.2, 0) is 0 Å². The van der Waals surface area contributed by atoms with Crippen LogP contribution in [0.2, 0.25) is 5.02 Å². The standard InChI is InChI=1S/C7H7ClO.C6H6O/c1-9-7-4-2-3-6(8)5-7;7-6-4-2-1-3-5-6/h2-5H,1H3;1-5,7H. The highest BCUT2D eigenvalue weighted by Crippen LogP contribution is 2.15. The number of benzene rings is 2. The van der Waals surface area contributed by atoms with Crippen LogP contribution in [0, 0.1) is 0 Å². The van der Waals surface area contributed by atoms with Crippen molar-refractivity contribution in [2.45, 2.75) is 0 Å². The minimum absolute atomic E-state index is 0.322. The van der Waals surface area contributed by atoms with Gasteiger partial charge in [-0.3, -0.25) is 0 Å². The minimum Gasteiger partial charge on any atom is -0.508 e. The lowest BCUT2D eigenvalue weighted by Crippen LogP contribution is -1.79. The summed E-state index contributed by atoms with van der Waals surface area (Å²) >= 11 is 5.64. The van der Waals surface area contributed by atoms with Crippen molar-refractivity contribution in [1.82, 2.24) is 0 Å². The number of aromatic hydroxyl groups is 1. The fraction of sp³-hybridized carbons (Fsp3) is 0.0769. The van der Waals surface area contributed by atoms with E-state index in [2.05, 4.69) is 0 Å². The smallest absolute Gasteiger partial charge is 0.120 e. The van der Waals surface area contributed by atoms with Crippen molar-refractivity contribution < 1.29 is 9.84 Å². The molecule has 0 heterocycles. The summed E-state index contributed by atoms with van der Waals surface area (Å²) in [5.41, 5.74) is 0. The van der Waals surface area contributed by atoms with Crippen molar-refractivity contribution in [2.75, 3.05) is 7.11 Å². The molecule has 2 aromatic carbocycles. The lowest BCUT2D eigenvalue weighted by atomic mass is 10.3. The predicted molar refractivity (Wildman–Crippen MR) is 66.1 cm³/mol. The quantitative estimate of drug-likeness (QED) is 0.817. The van der Waals surface area contributed by atoms with Crippen molar-refractivity contribution in [1.29, 1.82) is 0 Å². The van der Waals surface area contributed by atoms with Gasteiger partial charge in [-0.05, 0) is 30.3 Å². The Morgan fingerprint density at radius 1 is 1.00 bits per heavy atom. The Balaban J connectivity index is 0.000000165. The molecule has 2 rings (SSSR count). The Hall–Kier alpha value is -1.67. The first-order chi connectivity index (χ1) is 7.72. The number of rotatable bonds is 1. The first-order valence-electron chi connectivity index (χ1n) is 4.76. The average molecular weight is 237 g/mol. The van der Waals surface area contributed by atoms with Gasteiger partial charge in [-0.15, -0.1) is 0 Å². The van der Waals surface area contributed by atoms with Gasteiger partial charge in [0, 0.05) is 5.02 Å². The van der Waals surface area contributed by atoms with Gasteiger partial charge >= 0.3 is 0 Å². The molecular formula is C13H13ClO2. The third-order valence-corrected chi connectivity index (χ3v) is 2.02. The summed E-state index contributed by atoms with van der Waals surface area (Å²) < 4.78 is 4.91. The molecule has 2 nitrogen and oxygen atoms in total. The molecule has 0 saturated carbocycles. The molecule has 0 aromatic heterocycles. The lowest BCUT2D eigenvalue weighted by molar-refractivity contribution is 0.415. The predicted octanol–water partition coefficient (Wildman–Crippen LogP) is 3.74. The number of ether oxygens (including phenoxy) is 1. The van der Waals surface area contributed by atoms with Crippen molar-refractivity contribution in [3.05, 3.63) is 59.6 Å². The van der Waals surface area contributed by atoms with E-state index in [1.54, 1.807) is 37.4 Å². The number of phenols is 1. The van der Waals surface area contributed by atoms with E-state index < -0.39 is 0 Å². The van der Waals surface area contributed by atoms with Crippen LogP contribution >= 0.6 is 11.6 Å². The highest BCUT2D eigenvalue weighted by atomic mass is 35.5. The number of phenolic OH excluding ortho intramolecular Hbond substituents is 1. The SMILES string of the molecule is COc1cccc(Cl)c1.Oc1ccccc1. The average Bonchev–Trinajstić information content (AvgIpc) is 2.31. The van der Waals surface area contributed by atoms with Gasteiger partial charge in [-0.25, -0.2) is 0 Å². The third kappa shape index (κ3) is 4.71. The number of methoxy groups -OCH3 is 1. The monoisotopic (exact) mass is 236 g/mol. The van der Waals surface area contributed by atoms with Crippen LogP contribution in [-0.4, -0.2) is 12.2 Å². The Morgan fingerprint density at radius 2 is 1.69 bits per heavy atom. The van der Waals surface area contributed by atoms with Crippen LogP contribution in [0.3, 0.4) is 0 Å². The van der Waals surface area contributed by atoms with E-state index in [9.17, 15) is 0 Å². The van der Waals surface area contributed by atoms with E-state index in [0.717, 1.165) is 5.75 Å². The van der Waals surface area contributed by atoms with Gasteiger partial charge in [-0.2, -0.15) is 0 Å². The second-order valence-corrected chi connectivity index (χ2v) is 3.43. The maximum atomic E-state index is 8.63. The van der Waals surface area contributed by atoms with E-state index in [-0.39, 0.29) is 0 Å². The normalized spacial score (nSPS) is 8.88. The number of hydrogen-bond donors (Lipinski definition) is 1. The van der Waals surface area contributed by atoms with Crippen LogP contribution in [0.1, 0.15) is 0 Å². The zero-order valence-electron chi connectivity index (χ0n) is 8.93. The molecule has 0 atom stereocenters. The third-order valence-electron chi connectivity index (χ3n) is 1.79. The fourth-order valence-corrected chi connectivity index (χ4v) is 1.20. The van der Waals surface area contributed by atoms with Gasteiger partial charge in [0.05, 0.1) is 7.11 Å². The maximum Gasteiger partial charge on any atom is 0.120 e. The van der Waals surface area contributed by atoms with Crippen LogP contribution in [0.25, 0.3) is 0 Å². The summed E-state index contributed by atoms with van der Waals surface area (Å²) in [5.74, 6) is 1.12. The van der Waals surface area contributed by atoms with Crippen molar-refractivity contribution in [2.24, 2.45) is 0 Å². The highest BCUT2D eigenvalue weighted by molar-refractivity contribution is 6.30. The van der Waals surface area contributed by atoms with Crippen molar-refractivity contribution in [3.63, 3.8) is 0 Å². The summed E-state index contributed by atoms with van der Waals surface area (Å²) in [6.45, 7) is 0. The molecule has 84 valence electrons. The maximum absolute atomic E-state index is 8.63. The molecule has 0 spiro atoms. The zero-order chi connectivity index (χ0) is 11.8. The molecule has 0 radical (unpaired) electrons. The van der Waals surface area contributed by atoms with E-state index in [1.165, 1.54) is 0 Å². The largest absolute Gasteiger partial charge is 0.508 e. The molecule has 0 unspecified atom stereocenters. The Morgan fingerprint density at radius 3 is 2.06 bits per heavy atom. The highest BCUT2D eigenvalue weighted by Gasteiger charge is 1.88. The molecule has 0 amide bonds. The van der Waals surface area contributed by atoms with E-state index in [1.807, 2.05) is 24.3 Å². The fourth-order valence-electron chi connectivity index (χ4n) is 1.02. The summed E-state index contributed by atoms with van der Waals surface area (Å²) in [6, 6.07) is 16.0. The molecule has 0 bridgehead atoms. The summed E-state index contributed by atoms with van der Waals surface area (Å²) in [5, 5.41) is 9.34. The van der Waals surface area contributed by atoms with Crippen LogP contribution in [0.4, 0.5) is 0 Å². The number of halogens is 1. The minimum atomic E-state index is 0.322. The summed E-state index contributed by atoms with van der Waals surface area (Å²) in [4.78, 5) is 0. The van der Waals surface area contributed by atoms with E-state index in [0.29, 0.717) is 10.8 Å². The van der Waals surface area contributed by atoms with Gasteiger partial charge in [0.1, 0.15) is 11.5 Å². The molecular weight excluding hydrogens is 224 g/mol. The van der Waals surface area contributed by atoms with Crippen LogP contribution < -0.4 is 4.74 Å². The van der Waals surface area contributed by atoms with E-state index in [4.69, 9.17) is 21.4 Å². The zero-order valence-corrected chi connectivity index (χ0v) is 9.69. The lowest BCUT2D eigenvalue weighted by Gasteiger charge is -1.96. The molecule has 0 aliphatic rings. The van der Waals surface area contributed by atoms with Gasteiger partial charge in [0.2, 0.25) is 0 Å². The van der Waals surface area contributed by atoms with Crippen LogP contribution in [0.15, 0.2) is 54.6 Å². The molecule has 0 aliphatic carbocycles. The first-order valence-corrected chi connectivity index (χ1v) is 5.13. The Labute approximate surface area is 100 Å². The Bertz CT molecular complexity index is 415. The number of para-hydroxylation sites is 1. The van der Waals surface area contributed by atoms with Gasteiger partial charge in [0.25, 0.3) is 0 Å². The van der Waals surface area contributed by atoms with Crippen molar-refractivity contribution >= 4 is 11.6 Å². The first kappa shape index (κ1) is 12.4. The van der Waals surface area contributed by atoms with Gasteiger partial charge < -0.3 is 9.84 Å².